The van der Waals surface area contributed by atoms with Gasteiger partial charge in [0.05, 0.1) is 4.90 Å². The molecule has 0 spiro atoms. The first-order valence-corrected chi connectivity index (χ1v) is 8.34. The largest absolute Gasteiger partial charge is 0.326 e. The molecule has 8 heteroatoms. The zero-order valence-corrected chi connectivity index (χ0v) is 12.9. The molecule has 0 unspecified atom stereocenters. The minimum absolute atomic E-state index is 0.142. The van der Waals surface area contributed by atoms with Crippen LogP contribution in [0.4, 0.5) is 0 Å². The van der Waals surface area contributed by atoms with E-state index in [0.29, 0.717) is 30.1 Å². The maximum absolute atomic E-state index is 12.1. The summed E-state index contributed by atoms with van der Waals surface area (Å²) in [5.74, 6) is 0. The van der Waals surface area contributed by atoms with Crippen molar-refractivity contribution in [3.8, 4) is 0 Å². The second kappa shape index (κ2) is 7.04. The van der Waals surface area contributed by atoms with Crippen molar-refractivity contribution < 1.29 is 8.42 Å². The van der Waals surface area contributed by atoms with Gasteiger partial charge in [0.15, 0.2) is 0 Å². The Bertz CT molecular complexity index is 686. The van der Waals surface area contributed by atoms with Crippen molar-refractivity contribution in [2.75, 3.05) is 6.54 Å². The molecule has 21 heavy (non-hydrogen) atoms. The Labute approximate surface area is 129 Å². The van der Waals surface area contributed by atoms with Crippen LogP contribution in [0, 0.1) is 0 Å². The van der Waals surface area contributed by atoms with Crippen LogP contribution in [0.2, 0.25) is 5.02 Å². The summed E-state index contributed by atoms with van der Waals surface area (Å²) < 4.78 is 28.5. The second-order valence-electron chi connectivity index (χ2n) is 4.48. The van der Waals surface area contributed by atoms with E-state index >= 15 is 0 Å². The van der Waals surface area contributed by atoms with Gasteiger partial charge in [-0.2, -0.15) is 5.10 Å². The first-order valence-electron chi connectivity index (χ1n) is 6.48. The van der Waals surface area contributed by atoms with Gasteiger partial charge in [0, 0.05) is 37.1 Å². The summed E-state index contributed by atoms with van der Waals surface area (Å²) in [5.41, 5.74) is 6.21. The number of nitrogens with two attached hydrogens (primary N) is 1. The molecule has 0 saturated heterocycles. The lowest BCUT2D eigenvalue weighted by molar-refractivity contribution is 0.553. The monoisotopic (exact) mass is 328 g/mol. The van der Waals surface area contributed by atoms with Crippen LogP contribution in [0.3, 0.4) is 0 Å². The zero-order valence-electron chi connectivity index (χ0n) is 11.4. The summed E-state index contributed by atoms with van der Waals surface area (Å²) >= 11 is 5.98. The molecule has 114 valence electrons. The second-order valence-corrected chi connectivity index (χ2v) is 6.65. The van der Waals surface area contributed by atoms with E-state index in [1.54, 1.807) is 16.9 Å². The third kappa shape index (κ3) is 4.28. The molecule has 0 radical (unpaired) electrons. The molecular weight excluding hydrogens is 312 g/mol. The molecule has 1 aromatic heterocycles. The smallest absolute Gasteiger partial charge is 0.240 e. The van der Waals surface area contributed by atoms with Gasteiger partial charge in [-0.1, -0.05) is 17.7 Å². The van der Waals surface area contributed by atoms with Crippen LogP contribution in [-0.4, -0.2) is 24.7 Å². The highest BCUT2D eigenvalue weighted by Gasteiger charge is 2.14. The Balaban J connectivity index is 1.93. The highest BCUT2D eigenvalue weighted by atomic mass is 35.5. The summed E-state index contributed by atoms with van der Waals surface area (Å²) in [6.07, 6.45) is 4.17. The average molecular weight is 329 g/mol. The molecule has 0 fully saturated rings. The normalized spacial score (nSPS) is 11.7. The summed E-state index contributed by atoms with van der Waals surface area (Å²) in [4.78, 5) is 0.142. The van der Waals surface area contributed by atoms with Gasteiger partial charge in [-0.25, -0.2) is 13.1 Å². The molecular formula is C13H17ClN4O2S. The fourth-order valence-electron chi connectivity index (χ4n) is 1.82. The topological polar surface area (TPSA) is 90.0 Å². The van der Waals surface area contributed by atoms with Crippen molar-refractivity contribution in [1.82, 2.24) is 14.5 Å². The fourth-order valence-corrected chi connectivity index (χ4v) is 3.25. The van der Waals surface area contributed by atoms with Gasteiger partial charge in [0.25, 0.3) is 0 Å². The van der Waals surface area contributed by atoms with Gasteiger partial charge in [0.2, 0.25) is 10.0 Å². The molecule has 0 aliphatic carbocycles. The Hall–Kier alpha value is -1.41. The Morgan fingerprint density at radius 2 is 2.19 bits per heavy atom. The third-order valence-electron chi connectivity index (χ3n) is 2.97. The molecule has 0 amide bonds. The van der Waals surface area contributed by atoms with Gasteiger partial charge in [-0.05, 0) is 30.2 Å². The summed E-state index contributed by atoms with van der Waals surface area (Å²) in [7, 11) is -3.55. The van der Waals surface area contributed by atoms with Crippen molar-refractivity contribution in [2.24, 2.45) is 5.73 Å². The highest BCUT2D eigenvalue weighted by molar-refractivity contribution is 7.89. The molecule has 0 bridgehead atoms. The quantitative estimate of drug-likeness (QED) is 0.751. The van der Waals surface area contributed by atoms with Gasteiger partial charge >= 0.3 is 0 Å². The third-order valence-corrected chi connectivity index (χ3v) is 4.78. The van der Waals surface area contributed by atoms with E-state index < -0.39 is 10.0 Å². The van der Waals surface area contributed by atoms with Crippen LogP contribution in [0.25, 0.3) is 0 Å². The average Bonchev–Trinajstić information content (AvgIpc) is 2.97. The van der Waals surface area contributed by atoms with Crippen LogP contribution in [0.5, 0.6) is 0 Å². The Morgan fingerprint density at radius 3 is 2.81 bits per heavy atom. The molecule has 0 atom stereocenters. The molecule has 6 nitrogen and oxygen atoms in total. The Morgan fingerprint density at radius 1 is 1.38 bits per heavy atom. The van der Waals surface area contributed by atoms with Crippen molar-refractivity contribution in [3.63, 3.8) is 0 Å². The number of rotatable bonds is 7. The van der Waals surface area contributed by atoms with E-state index in [1.165, 1.54) is 12.1 Å². The van der Waals surface area contributed by atoms with E-state index in [1.807, 2.05) is 12.3 Å². The number of hydrogen-bond acceptors (Lipinski definition) is 4. The van der Waals surface area contributed by atoms with Gasteiger partial charge in [-0.3, -0.25) is 4.68 Å². The first-order chi connectivity index (χ1) is 10.0. The zero-order chi connectivity index (χ0) is 15.3. The number of nitrogens with one attached hydrogen (secondary N) is 1. The molecule has 1 aromatic carbocycles. The standard InChI is InChI=1S/C13H17ClN4O2S/c14-13-9-12(4-3-11(13)10-15)21(19,20)17-6-2-8-18-7-1-5-16-18/h1,3-5,7,9,17H,2,6,8,10,15H2. The fraction of sp³-hybridized carbons (Fsp3) is 0.308. The first kappa shape index (κ1) is 16.0. The Kier molecular flexibility index (Phi) is 5.35. The number of sulfonamides is 1. The molecule has 0 aliphatic heterocycles. The number of halogens is 1. The van der Waals surface area contributed by atoms with E-state index in [0.717, 1.165) is 0 Å². The van der Waals surface area contributed by atoms with Crippen LogP contribution in [0.15, 0.2) is 41.6 Å². The SMILES string of the molecule is NCc1ccc(S(=O)(=O)NCCCn2cccn2)cc1Cl. The summed E-state index contributed by atoms with van der Waals surface area (Å²) in [6.45, 7) is 1.26. The van der Waals surface area contributed by atoms with Crippen molar-refractivity contribution in [1.29, 1.82) is 0 Å². The van der Waals surface area contributed by atoms with Crippen LogP contribution in [-0.2, 0) is 23.1 Å². The lowest BCUT2D eigenvalue weighted by Crippen LogP contribution is -2.25. The lowest BCUT2D eigenvalue weighted by atomic mass is 10.2. The van der Waals surface area contributed by atoms with E-state index in [9.17, 15) is 8.42 Å². The predicted octanol–water partition coefficient (Wildman–Crippen LogP) is 1.36. The molecule has 3 N–H and O–H groups in total. The molecule has 0 aliphatic rings. The maximum atomic E-state index is 12.1. The van der Waals surface area contributed by atoms with Crippen molar-refractivity contribution in [3.05, 3.63) is 47.2 Å². The van der Waals surface area contributed by atoms with E-state index in [2.05, 4.69) is 9.82 Å². The highest BCUT2D eigenvalue weighted by Crippen LogP contribution is 2.20. The molecule has 2 aromatic rings. The van der Waals surface area contributed by atoms with E-state index in [4.69, 9.17) is 17.3 Å². The minimum atomic E-state index is -3.55. The lowest BCUT2D eigenvalue weighted by Gasteiger charge is -2.09. The number of hydrogen-bond donors (Lipinski definition) is 2. The number of nitrogens with zero attached hydrogens (tertiary/aromatic N) is 2. The predicted molar refractivity (Wildman–Crippen MR) is 81.4 cm³/mol. The van der Waals surface area contributed by atoms with E-state index in [-0.39, 0.29) is 11.4 Å². The van der Waals surface area contributed by atoms with Gasteiger partial charge < -0.3 is 5.73 Å². The summed E-state index contributed by atoms with van der Waals surface area (Å²) in [5, 5.41) is 4.41. The number of aryl methyl sites for hydroxylation is 1. The molecule has 1 heterocycles. The number of benzene rings is 1. The van der Waals surface area contributed by atoms with Crippen LogP contribution in [0.1, 0.15) is 12.0 Å². The maximum Gasteiger partial charge on any atom is 0.240 e. The van der Waals surface area contributed by atoms with Crippen LogP contribution >= 0.6 is 11.6 Å². The van der Waals surface area contributed by atoms with Crippen molar-refractivity contribution in [2.45, 2.75) is 24.4 Å². The minimum Gasteiger partial charge on any atom is -0.326 e. The van der Waals surface area contributed by atoms with Crippen LogP contribution < -0.4 is 10.5 Å². The van der Waals surface area contributed by atoms with Gasteiger partial charge in [-0.15, -0.1) is 0 Å². The van der Waals surface area contributed by atoms with Gasteiger partial charge in [0.1, 0.15) is 0 Å². The van der Waals surface area contributed by atoms with Crippen molar-refractivity contribution >= 4 is 21.6 Å². The summed E-state index contributed by atoms with van der Waals surface area (Å²) in [6, 6.07) is 6.37. The number of aromatic nitrogens is 2. The molecule has 0 saturated carbocycles. The molecule has 2 rings (SSSR count).